The van der Waals surface area contributed by atoms with E-state index in [4.69, 9.17) is 16.3 Å². The zero-order valence-corrected chi connectivity index (χ0v) is 18.8. The molecule has 6 nitrogen and oxygen atoms in total. The van der Waals surface area contributed by atoms with Crippen LogP contribution >= 0.6 is 11.6 Å². The van der Waals surface area contributed by atoms with Crippen molar-refractivity contribution >= 4 is 40.8 Å². The van der Waals surface area contributed by atoms with Gasteiger partial charge in [-0.1, -0.05) is 48.4 Å². The third-order valence-corrected chi connectivity index (χ3v) is 5.58. The van der Waals surface area contributed by atoms with Gasteiger partial charge in [-0.25, -0.2) is 9.69 Å². The summed E-state index contributed by atoms with van der Waals surface area (Å²) < 4.78 is 5.44. The Morgan fingerprint density at radius 1 is 0.970 bits per heavy atom. The molecule has 1 aliphatic rings. The van der Waals surface area contributed by atoms with Crippen LogP contribution in [0.4, 0.5) is 11.4 Å². The fourth-order valence-corrected chi connectivity index (χ4v) is 3.58. The number of nitrogens with one attached hydrogen (secondary N) is 1. The summed E-state index contributed by atoms with van der Waals surface area (Å²) >= 11 is 6.18. The highest BCUT2D eigenvalue weighted by molar-refractivity contribution is 6.53. The number of aryl methyl sites for hydroxylation is 2. The minimum Gasteiger partial charge on any atom is -0.423 e. The highest BCUT2D eigenvalue weighted by Crippen LogP contribution is 2.30. The molecule has 3 aromatic rings. The molecule has 7 heteroatoms. The molecule has 1 N–H and O–H groups in total. The molecule has 0 radical (unpaired) electrons. The zero-order chi connectivity index (χ0) is 23.5. The summed E-state index contributed by atoms with van der Waals surface area (Å²) in [4.78, 5) is 38.9. The molecule has 2 amide bonds. The molecule has 0 unspecified atom stereocenters. The lowest BCUT2D eigenvalue weighted by atomic mass is 10.1. The molecule has 0 bridgehead atoms. The maximum atomic E-state index is 12.9. The van der Waals surface area contributed by atoms with Gasteiger partial charge < -0.3 is 10.1 Å². The van der Waals surface area contributed by atoms with Crippen molar-refractivity contribution in [2.45, 2.75) is 20.3 Å². The Hall–Kier alpha value is -3.90. The Morgan fingerprint density at radius 2 is 1.67 bits per heavy atom. The number of esters is 1. The van der Waals surface area contributed by atoms with Gasteiger partial charge in [-0.2, -0.15) is 0 Å². The van der Waals surface area contributed by atoms with Gasteiger partial charge in [-0.3, -0.25) is 9.59 Å². The van der Waals surface area contributed by atoms with Crippen LogP contribution in [0.2, 0.25) is 0 Å². The number of halogens is 1. The van der Waals surface area contributed by atoms with Crippen molar-refractivity contribution in [1.29, 1.82) is 0 Å². The number of rotatable bonds is 6. The van der Waals surface area contributed by atoms with Crippen LogP contribution in [-0.4, -0.2) is 17.8 Å². The number of nitrogens with zero attached hydrogens (tertiary/aromatic N) is 1. The van der Waals surface area contributed by atoms with Crippen LogP contribution < -0.4 is 15.0 Å². The van der Waals surface area contributed by atoms with E-state index in [0.717, 1.165) is 22.4 Å². The van der Waals surface area contributed by atoms with E-state index in [1.165, 1.54) is 0 Å². The predicted molar refractivity (Wildman–Crippen MR) is 127 cm³/mol. The third-order valence-electron chi connectivity index (χ3n) is 5.23. The van der Waals surface area contributed by atoms with Crippen LogP contribution in [0.15, 0.2) is 83.5 Å². The fourth-order valence-electron chi connectivity index (χ4n) is 3.37. The molecule has 0 fully saturated rings. The minimum atomic E-state index is -0.595. The summed E-state index contributed by atoms with van der Waals surface area (Å²) in [5.74, 6) is -1.16. The number of ether oxygens (including phenoxy) is 1. The van der Waals surface area contributed by atoms with Crippen LogP contribution in [0, 0.1) is 6.92 Å². The van der Waals surface area contributed by atoms with E-state index >= 15 is 0 Å². The number of carbonyl (C=O) groups is 3. The minimum absolute atomic E-state index is 0.0195. The fraction of sp³-hybridized carbons (Fsp3) is 0.115. The Balaban J connectivity index is 1.47. The average Bonchev–Trinajstić information content (AvgIpc) is 3.03. The highest BCUT2D eigenvalue weighted by Gasteiger charge is 2.38. The monoisotopic (exact) mass is 460 g/mol. The van der Waals surface area contributed by atoms with Crippen molar-refractivity contribution in [2.75, 3.05) is 10.2 Å². The number of amides is 2. The van der Waals surface area contributed by atoms with Crippen molar-refractivity contribution in [2.24, 2.45) is 0 Å². The van der Waals surface area contributed by atoms with E-state index in [-0.39, 0.29) is 10.7 Å². The average molecular weight is 461 g/mol. The molecule has 0 saturated heterocycles. The van der Waals surface area contributed by atoms with Gasteiger partial charge in [-0.15, -0.1) is 0 Å². The number of benzene rings is 3. The SMILES string of the molecule is CCc1cccc(OC(=O)c2ccc(NC3=C(Cl)C(=O)N(c4ccc(C)cc4)C3=O)cc2)c1. The molecule has 0 atom stereocenters. The molecule has 4 rings (SSSR count). The molecule has 0 aromatic heterocycles. The molecule has 0 saturated carbocycles. The molecule has 166 valence electrons. The molecule has 33 heavy (non-hydrogen) atoms. The lowest BCUT2D eigenvalue weighted by molar-refractivity contribution is -0.120. The highest BCUT2D eigenvalue weighted by atomic mass is 35.5. The van der Waals surface area contributed by atoms with Gasteiger partial charge >= 0.3 is 5.97 Å². The van der Waals surface area contributed by atoms with E-state index in [9.17, 15) is 14.4 Å². The van der Waals surface area contributed by atoms with Crippen LogP contribution in [0.1, 0.15) is 28.4 Å². The molecule has 3 aromatic carbocycles. The van der Waals surface area contributed by atoms with Crippen molar-refractivity contribution in [1.82, 2.24) is 0 Å². The van der Waals surface area contributed by atoms with E-state index in [2.05, 4.69) is 5.32 Å². The second-order valence-corrected chi connectivity index (χ2v) is 7.94. The smallest absolute Gasteiger partial charge is 0.343 e. The van der Waals surface area contributed by atoms with Crippen molar-refractivity contribution in [3.05, 3.63) is 100 Å². The van der Waals surface area contributed by atoms with Gasteiger partial charge in [-0.05, 0) is 67.4 Å². The summed E-state index contributed by atoms with van der Waals surface area (Å²) in [7, 11) is 0. The first-order valence-electron chi connectivity index (χ1n) is 10.4. The van der Waals surface area contributed by atoms with Gasteiger partial charge in [0.05, 0.1) is 11.3 Å². The summed E-state index contributed by atoms with van der Waals surface area (Å²) in [6.45, 7) is 3.94. The predicted octanol–water partition coefficient (Wildman–Crippen LogP) is 5.21. The Labute approximate surface area is 196 Å². The van der Waals surface area contributed by atoms with E-state index in [1.807, 2.05) is 44.2 Å². The molecule has 1 heterocycles. The lowest BCUT2D eigenvalue weighted by Crippen LogP contribution is -2.32. The topological polar surface area (TPSA) is 75.7 Å². The maximum absolute atomic E-state index is 12.9. The second kappa shape index (κ2) is 9.30. The van der Waals surface area contributed by atoms with Gasteiger partial charge in [0, 0.05) is 5.69 Å². The maximum Gasteiger partial charge on any atom is 0.343 e. The standard InChI is InChI=1S/C26H21ClN2O4/c1-3-17-5-4-6-21(15-17)33-26(32)18-9-11-19(12-10-18)28-23-22(27)24(30)29(25(23)31)20-13-7-16(2)8-14-20/h4-15,28H,3H2,1-2H3. The first-order valence-corrected chi connectivity index (χ1v) is 10.8. The summed E-state index contributed by atoms with van der Waals surface area (Å²) in [5.41, 5.74) is 3.34. The van der Waals surface area contributed by atoms with E-state index in [0.29, 0.717) is 22.7 Å². The van der Waals surface area contributed by atoms with Crippen LogP contribution in [0.3, 0.4) is 0 Å². The summed E-state index contributed by atoms with van der Waals surface area (Å²) in [6, 6.07) is 20.7. The first-order chi connectivity index (χ1) is 15.9. The Morgan fingerprint density at radius 3 is 2.33 bits per heavy atom. The Bertz CT molecular complexity index is 1260. The van der Waals surface area contributed by atoms with Crippen molar-refractivity contribution in [3.8, 4) is 5.75 Å². The largest absolute Gasteiger partial charge is 0.423 e. The molecular formula is C26H21ClN2O4. The van der Waals surface area contributed by atoms with E-state index in [1.54, 1.807) is 42.5 Å². The molecule has 0 aliphatic carbocycles. The summed E-state index contributed by atoms with van der Waals surface area (Å²) in [5, 5.41) is 2.70. The van der Waals surface area contributed by atoms with Gasteiger partial charge in [0.1, 0.15) is 16.5 Å². The number of hydrogen-bond acceptors (Lipinski definition) is 5. The van der Waals surface area contributed by atoms with Crippen LogP contribution in [-0.2, 0) is 16.0 Å². The normalized spacial score (nSPS) is 13.5. The lowest BCUT2D eigenvalue weighted by Gasteiger charge is -2.15. The molecule has 1 aliphatic heterocycles. The first kappa shape index (κ1) is 22.3. The van der Waals surface area contributed by atoms with Gasteiger partial charge in [0.25, 0.3) is 11.8 Å². The van der Waals surface area contributed by atoms with Crippen molar-refractivity contribution in [3.63, 3.8) is 0 Å². The molecular weight excluding hydrogens is 440 g/mol. The quantitative estimate of drug-likeness (QED) is 0.310. The van der Waals surface area contributed by atoms with Gasteiger partial charge in [0.15, 0.2) is 0 Å². The van der Waals surface area contributed by atoms with Crippen LogP contribution in [0.5, 0.6) is 5.75 Å². The number of imide groups is 1. The third kappa shape index (κ3) is 4.66. The zero-order valence-electron chi connectivity index (χ0n) is 18.1. The van der Waals surface area contributed by atoms with Crippen LogP contribution in [0.25, 0.3) is 0 Å². The Kier molecular flexibility index (Phi) is 6.29. The number of carbonyl (C=O) groups excluding carboxylic acids is 3. The number of hydrogen-bond donors (Lipinski definition) is 1. The van der Waals surface area contributed by atoms with Crippen molar-refractivity contribution < 1.29 is 19.1 Å². The summed E-state index contributed by atoms with van der Waals surface area (Å²) in [6.07, 6.45) is 0.840. The van der Waals surface area contributed by atoms with E-state index < -0.39 is 17.8 Å². The number of anilines is 2. The second-order valence-electron chi connectivity index (χ2n) is 7.56. The van der Waals surface area contributed by atoms with Gasteiger partial charge in [0.2, 0.25) is 0 Å². The molecule has 0 spiro atoms.